The lowest BCUT2D eigenvalue weighted by Gasteiger charge is -2.28. The maximum Gasteiger partial charge on any atom is 0.0751 e. The Bertz CT molecular complexity index is 452. The number of rotatable bonds is 5. The fraction of sp³-hybridized carbons (Fsp3) is 0.353. The first-order chi connectivity index (χ1) is 9.43. The van der Waals surface area contributed by atoms with Gasteiger partial charge in [0.15, 0.2) is 0 Å². The first kappa shape index (κ1) is 12.4. The minimum Gasteiger partial charge on any atom is -0.305 e. The first-order valence-corrected chi connectivity index (χ1v) is 7.13. The third kappa shape index (κ3) is 3.02. The van der Waals surface area contributed by atoms with Gasteiger partial charge in [-0.3, -0.25) is 4.98 Å². The predicted molar refractivity (Wildman–Crippen MR) is 77.9 cm³/mol. The normalized spacial score (nSPS) is 16.8. The minimum absolute atomic E-state index is 0.211. The summed E-state index contributed by atoms with van der Waals surface area (Å²) in [6.45, 7) is 1.09. The summed E-state index contributed by atoms with van der Waals surface area (Å²) < 4.78 is 0. The van der Waals surface area contributed by atoms with Crippen molar-refractivity contribution in [1.29, 1.82) is 0 Å². The monoisotopic (exact) mass is 252 g/mol. The molecule has 0 radical (unpaired) electrons. The van der Waals surface area contributed by atoms with Crippen molar-refractivity contribution in [3.8, 4) is 0 Å². The summed E-state index contributed by atoms with van der Waals surface area (Å²) in [6, 6.07) is 16.9. The Hall–Kier alpha value is -1.67. The van der Waals surface area contributed by atoms with Crippen molar-refractivity contribution < 1.29 is 0 Å². The minimum atomic E-state index is 0.211. The Balaban J connectivity index is 1.78. The van der Waals surface area contributed by atoms with Crippen LogP contribution in [0.3, 0.4) is 0 Å². The Kier molecular flexibility index (Phi) is 3.89. The van der Waals surface area contributed by atoms with E-state index in [0.29, 0.717) is 0 Å². The zero-order chi connectivity index (χ0) is 12.9. The van der Waals surface area contributed by atoms with Crippen molar-refractivity contribution in [2.75, 3.05) is 6.54 Å². The van der Waals surface area contributed by atoms with Crippen molar-refractivity contribution in [1.82, 2.24) is 10.3 Å². The van der Waals surface area contributed by atoms with Crippen molar-refractivity contribution in [2.24, 2.45) is 5.92 Å². The van der Waals surface area contributed by atoms with E-state index in [-0.39, 0.29) is 6.04 Å². The number of pyridine rings is 1. The number of hydrogen-bond donors (Lipinski definition) is 1. The molecule has 0 bridgehead atoms. The summed E-state index contributed by atoms with van der Waals surface area (Å²) in [5.74, 6) is 0.856. The van der Waals surface area contributed by atoms with E-state index in [1.807, 2.05) is 12.3 Å². The SMILES string of the molecule is c1ccc(C(NCC2CCC2)c2ccccn2)cc1. The number of aromatic nitrogens is 1. The van der Waals surface area contributed by atoms with E-state index in [9.17, 15) is 0 Å². The van der Waals surface area contributed by atoms with Crippen LogP contribution < -0.4 is 5.32 Å². The van der Waals surface area contributed by atoms with Crippen LogP contribution >= 0.6 is 0 Å². The molecular weight excluding hydrogens is 232 g/mol. The van der Waals surface area contributed by atoms with Crippen molar-refractivity contribution in [3.05, 3.63) is 66.0 Å². The molecule has 1 aliphatic carbocycles. The number of nitrogens with one attached hydrogen (secondary N) is 1. The Morgan fingerprint density at radius 3 is 2.47 bits per heavy atom. The Morgan fingerprint density at radius 2 is 1.84 bits per heavy atom. The van der Waals surface area contributed by atoms with Gasteiger partial charge < -0.3 is 5.32 Å². The van der Waals surface area contributed by atoms with Gasteiger partial charge in [0, 0.05) is 6.20 Å². The van der Waals surface area contributed by atoms with Gasteiger partial charge in [0.2, 0.25) is 0 Å². The van der Waals surface area contributed by atoms with Crippen molar-refractivity contribution in [3.63, 3.8) is 0 Å². The summed E-state index contributed by atoms with van der Waals surface area (Å²) in [5.41, 5.74) is 2.40. The third-order valence-electron chi connectivity index (χ3n) is 3.95. The molecular formula is C17H20N2. The van der Waals surface area contributed by atoms with Gasteiger partial charge in [-0.05, 0) is 43.0 Å². The molecule has 1 atom stereocenters. The molecule has 3 rings (SSSR count). The van der Waals surface area contributed by atoms with Crippen LogP contribution in [-0.4, -0.2) is 11.5 Å². The molecule has 98 valence electrons. The Morgan fingerprint density at radius 1 is 1.05 bits per heavy atom. The molecule has 1 unspecified atom stereocenters. The van der Waals surface area contributed by atoms with Crippen LogP contribution in [0.5, 0.6) is 0 Å². The van der Waals surface area contributed by atoms with E-state index in [0.717, 1.165) is 18.2 Å². The van der Waals surface area contributed by atoms with E-state index in [2.05, 4.69) is 52.8 Å². The molecule has 1 saturated carbocycles. The molecule has 0 spiro atoms. The lowest BCUT2D eigenvalue weighted by molar-refractivity contribution is 0.294. The predicted octanol–water partition coefficient (Wildman–Crippen LogP) is 3.56. The molecule has 1 N–H and O–H groups in total. The van der Waals surface area contributed by atoms with Crippen molar-refractivity contribution >= 4 is 0 Å². The average Bonchev–Trinajstić information content (AvgIpc) is 2.43. The van der Waals surface area contributed by atoms with Gasteiger partial charge >= 0.3 is 0 Å². The number of hydrogen-bond acceptors (Lipinski definition) is 2. The second kappa shape index (κ2) is 5.98. The molecule has 2 nitrogen and oxygen atoms in total. The molecule has 0 amide bonds. The molecule has 1 fully saturated rings. The number of benzene rings is 1. The largest absolute Gasteiger partial charge is 0.305 e. The second-order valence-corrected chi connectivity index (χ2v) is 5.30. The smallest absolute Gasteiger partial charge is 0.0751 e. The third-order valence-corrected chi connectivity index (χ3v) is 3.95. The van der Waals surface area contributed by atoms with Crippen LogP contribution in [-0.2, 0) is 0 Å². The van der Waals surface area contributed by atoms with Gasteiger partial charge in [-0.2, -0.15) is 0 Å². The van der Waals surface area contributed by atoms with Gasteiger partial charge in [-0.15, -0.1) is 0 Å². The maximum atomic E-state index is 4.51. The molecule has 0 saturated heterocycles. The van der Waals surface area contributed by atoms with Gasteiger partial charge in [0.05, 0.1) is 11.7 Å². The van der Waals surface area contributed by atoms with E-state index >= 15 is 0 Å². The fourth-order valence-corrected chi connectivity index (χ4v) is 2.57. The molecule has 1 aromatic carbocycles. The zero-order valence-electron chi connectivity index (χ0n) is 11.1. The summed E-state index contributed by atoms with van der Waals surface area (Å²) >= 11 is 0. The van der Waals surface area contributed by atoms with Crippen LogP contribution in [0.1, 0.15) is 36.6 Å². The molecule has 2 aromatic rings. The molecule has 0 aliphatic heterocycles. The van der Waals surface area contributed by atoms with Crippen LogP contribution in [0.2, 0.25) is 0 Å². The van der Waals surface area contributed by atoms with E-state index < -0.39 is 0 Å². The highest BCUT2D eigenvalue weighted by Gasteiger charge is 2.20. The average molecular weight is 252 g/mol. The highest BCUT2D eigenvalue weighted by atomic mass is 14.9. The van der Waals surface area contributed by atoms with E-state index in [1.165, 1.54) is 24.8 Å². The fourth-order valence-electron chi connectivity index (χ4n) is 2.57. The lowest BCUT2D eigenvalue weighted by Crippen LogP contribution is -2.31. The second-order valence-electron chi connectivity index (χ2n) is 5.30. The first-order valence-electron chi connectivity index (χ1n) is 7.13. The van der Waals surface area contributed by atoms with Gasteiger partial charge in [0.1, 0.15) is 0 Å². The van der Waals surface area contributed by atoms with E-state index in [4.69, 9.17) is 0 Å². The molecule has 1 heterocycles. The quantitative estimate of drug-likeness (QED) is 0.880. The van der Waals surface area contributed by atoms with Gasteiger partial charge in [-0.1, -0.05) is 42.8 Å². The molecule has 2 heteroatoms. The lowest BCUT2D eigenvalue weighted by atomic mass is 9.85. The van der Waals surface area contributed by atoms with Crippen LogP contribution in [0.4, 0.5) is 0 Å². The topological polar surface area (TPSA) is 24.9 Å². The van der Waals surface area contributed by atoms with Gasteiger partial charge in [0.25, 0.3) is 0 Å². The van der Waals surface area contributed by atoms with Crippen LogP contribution in [0.25, 0.3) is 0 Å². The number of nitrogens with zero attached hydrogens (tertiary/aromatic N) is 1. The molecule has 19 heavy (non-hydrogen) atoms. The van der Waals surface area contributed by atoms with Crippen molar-refractivity contribution in [2.45, 2.75) is 25.3 Å². The summed E-state index contributed by atoms with van der Waals surface area (Å²) in [4.78, 5) is 4.51. The molecule has 1 aliphatic rings. The summed E-state index contributed by atoms with van der Waals surface area (Å²) in [7, 11) is 0. The molecule has 1 aromatic heterocycles. The Labute approximate surface area is 114 Å². The van der Waals surface area contributed by atoms with E-state index in [1.54, 1.807) is 0 Å². The van der Waals surface area contributed by atoms with Gasteiger partial charge in [-0.25, -0.2) is 0 Å². The summed E-state index contributed by atoms with van der Waals surface area (Å²) in [5, 5.41) is 3.69. The zero-order valence-corrected chi connectivity index (χ0v) is 11.1. The maximum absolute atomic E-state index is 4.51. The standard InChI is InChI=1S/C17H20N2/c1-2-9-15(10-3-1)17(16-11-4-5-12-18-16)19-13-14-7-6-8-14/h1-5,9-12,14,17,19H,6-8,13H2. The van der Waals surface area contributed by atoms with Crippen LogP contribution in [0, 0.1) is 5.92 Å². The summed E-state index contributed by atoms with van der Waals surface area (Å²) in [6.07, 6.45) is 6.01. The highest BCUT2D eigenvalue weighted by Crippen LogP contribution is 2.27. The van der Waals surface area contributed by atoms with Crippen LogP contribution in [0.15, 0.2) is 54.7 Å². The highest BCUT2D eigenvalue weighted by molar-refractivity contribution is 5.27.